The van der Waals surface area contributed by atoms with Gasteiger partial charge in [-0.05, 0) is 35.9 Å². The minimum Gasteiger partial charge on any atom is -0.497 e. The van der Waals surface area contributed by atoms with Crippen molar-refractivity contribution < 1.29 is 9.53 Å². The molecule has 0 unspecified atom stereocenters. The number of anilines is 1. The van der Waals surface area contributed by atoms with E-state index in [2.05, 4.69) is 10.4 Å². The summed E-state index contributed by atoms with van der Waals surface area (Å²) in [7, 11) is 1.61. The molecule has 0 atom stereocenters. The molecule has 1 heterocycles. The predicted octanol–water partition coefficient (Wildman–Crippen LogP) is 4.90. The van der Waals surface area contributed by atoms with E-state index in [1.165, 1.54) is 6.08 Å². The van der Waals surface area contributed by atoms with Crippen molar-refractivity contribution in [2.24, 2.45) is 0 Å². The molecule has 0 fully saturated rings. The van der Waals surface area contributed by atoms with E-state index in [-0.39, 0.29) is 5.91 Å². The number of hydrogen-bond acceptors (Lipinski definition) is 3. The van der Waals surface area contributed by atoms with Gasteiger partial charge in [0.15, 0.2) is 0 Å². The zero-order valence-corrected chi connectivity index (χ0v) is 16.0. The Morgan fingerprint density at radius 1 is 1.19 bits per heavy atom. The summed E-state index contributed by atoms with van der Waals surface area (Å²) in [6.07, 6.45) is 6.48. The summed E-state index contributed by atoms with van der Waals surface area (Å²) < 4.78 is 6.77. The zero-order chi connectivity index (χ0) is 19.2. The van der Waals surface area contributed by atoms with Crippen molar-refractivity contribution in [3.8, 4) is 5.75 Å². The molecule has 0 spiro atoms. The van der Waals surface area contributed by atoms with E-state index < -0.39 is 0 Å². The lowest BCUT2D eigenvalue weighted by Gasteiger charge is -2.06. The predicted molar refractivity (Wildman–Crippen MR) is 108 cm³/mol. The van der Waals surface area contributed by atoms with Gasteiger partial charge in [-0.1, -0.05) is 41.4 Å². The first-order valence-corrected chi connectivity index (χ1v) is 8.89. The Morgan fingerprint density at radius 2 is 1.89 bits per heavy atom. The minimum absolute atomic E-state index is 0.249. The van der Waals surface area contributed by atoms with Gasteiger partial charge in [-0.2, -0.15) is 5.10 Å². The number of carbonyl (C=O) groups excluding carboxylic acids is 1. The highest BCUT2D eigenvalue weighted by molar-refractivity contribution is 6.35. The van der Waals surface area contributed by atoms with E-state index in [9.17, 15) is 4.79 Å². The van der Waals surface area contributed by atoms with Crippen molar-refractivity contribution in [3.05, 3.63) is 82.1 Å². The first-order chi connectivity index (χ1) is 13.0. The van der Waals surface area contributed by atoms with Gasteiger partial charge in [-0.15, -0.1) is 0 Å². The Hall–Kier alpha value is -2.76. The Morgan fingerprint density at radius 3 is 2.56 bits per heavy atom. The summed E-state index contributed by atoms with van der Waals surface area (Å²) in [5.41, 5.74) is 2.26. The Kier molecular flexibility index (Phi) is 6.16. The minimum atomic E-state index is -0.249. The molecular weight excluding hydrogens is 385 g/mol. The van der Waals surface area contributed by atoms with E-state index in [4.69, 9.17) is 27.9 Å². The van der Waals surface area contributed by atoms with Gasteiger partial charge in [0.1, 0.15) is 5.75 Å². The molecule has 0 aliphatic heterocycles. The second-order valence-electron chi connectivity index (χ2n) is 5.72. The molecule has 1 amide bonds. The molecule has 3 aromatic rings. The van der Waals surface area contributed by atoms with Crippen molar-refractivity contribution in [1.82, 2.24) is 9.78 Å². The number of amides is 1. The molecule has 3 rings (SSSR count). The number of benzene rings is 2. The van der Waals surface area contributed by atoms with E-state index in [1.807, 2.05) is 24.3 Å². The van der Waals surface area contributed by atoms with E-state index in [0.717, 1.165) is 16.9 Å². The van der Waals surface area contributed by atoms with Crippen LogP contribution in [-0.4, -0.2) is 22.8 Å². The summed E-state index contributed by atoms with van der Waals surface area (Å²) in [6.45, 7) is 0.413. The maximum Gasteiger partial charge on any atom is 0.248 e. The first kappa shape index (κ1) is 19.0. The smallest absolute Gasteiger partial charge is 0.248 e. The third-order valence-electron chi connectivity index (χ3n) is 3.83. The average molecular weight is 402 g/mol. The molecule has 0 aliphatic carbocycles. The van der Waals surface area contributed by atoms with Crippen LogP contribution in [0.1, 0.15) is 11.1 Å². The number of aromatic nitrogens is 2. The van der Waals surface area contributed by atoms with Crippen LogP contribution in [0, 0.1) is 0 Å². The Balaban J connectivity index is 1.61. The van der Waals surface area contributed by atoms with E-state index in [1.54, 1.807) is 48.5 Å². The van der Waals surface area contributed by atoms with Crippen molar-refractivity contribution in [2.75, 3.05) is 12.4 Å². The summed E-state index contributed by atoms with van der Waals surface area (Å²) in [6, 6.07) is 12.8. The van der Waals surface area contributed by atoms with Crippen molar-refractivity contribution in [3.63, 3.8) is 0 Å². The lowest BCUT2D eigenvalue weighted by Crippen LogP contribution is -2.07. The highest BCUT2D eigenvalue weighted by atomic mass is 35.5. The maximum atomic E-state index is 12.1. The molecule has 0 saturated carbocycles. The van der Waals surface area contributed by atoms with Gasteiger partial charge >= 0.3 is 0 Å². The normalized spacial score (nSPS) is 10.9. The average Bonchev–Trinajstić information content (AvgIpc) is 3.10. The second kappa shape index (κ2) is 8.75. The zero-order valence-electron chi connectivity index (χ0n) is 14.5. The van der Waals surface area contributed by atoms with Gasteiger partial charge < -0.3 is 10.1 Å². The van der Waals surface area contributed by atoms with Crippen LogP contribution < -0.4 is 10.1 Å². The molecule has 2 aromatic carbocycles. The van der Waals surface area contributed by atoms with Crippen LogP contribution in [0.3, 0.4) is 0 Å². The van der Waals surface area contributed by atoms with Crippen LogP contribution in [0.5, 0.6) is 5.75 Å². The Bertz CT molecular complexity index is 945. The fourth-order valence-electron chi connectivity index (χ4n) is 2.43. The van der Waals surface area contributed by atoms with Crippen molar-refractivity contribution >= 4 is 40.9 Å². The number of ether oxygens (including phenoxy) is 1. The van der Waals surface area contributed by atoms with E-state index in [0.29, 0.717) is 22.3 Å². The van der Waals surface area contributed by atoms with Gasteiger partial charge in [0.2, 0.25) is 5.91 Å². The molecule has 0 radical (unpaired) electrons. The van der Waals surface area contributed by atoms with Gasteiger partial charge in [0.05, 0.1) is 25.5 Å². The standard InChI is InChI=1S/C20H17Cl2N3O2/c1-27-16-8-5-14(6-9-16)7-10-20(26)24-15-11-23-25(12-15)13-17-18(21)3-2-4-19(17)22/h2-12H,13H2,1H3,(H,24,26)/b10-7+. The molecule has 138 valence electrons. The van der Waals surface area contributed by atoms with Crippen LogP contribution in [0.4, 0.5) is 5.69 Å². The fraction of sp³-hybridized carbons (Fsp3) is 0.100. The molecule has 5 nitrogen and oxygen atoms in total. The summed E-state index contributed by atoms with van der Waals surface area (Å²) in [5, 5.41) is 8.15. The van der Waals surface area contributed by atoms with Gasteiger partial charge in [0.25, 0.3) is 0 Å². The Labute approximate surface area is 167 Å². The number of halogens is 2. The summed E-state index contributed by atoms with van der Waals surface area (Å²) in [5.74, 6) is 0.517. The molecule has 0 bridgehead atoms. The number of methoxy groups -OCH3 is 1. The highest BCUT2D eigenvalue weighted by Gasteiger charge is 2.08. The lowest BCUT2D eigenvalue weighted by atomic mass is 10.2. The van der Waals surface area contributed by atoms with Crippen molar-refractivity contribution in [2.45, 2.75) is 6.54 Å². The number of nitrogens with one attached hydrogen (secondary N) is 1. The van der Waals surface area contributed by atoms with Gasteiger partial charge in [0, 0.05) is 27.9 Å². The van der Waals surface area contributed by atoms with Crippen LogP contribution in [-0.2, 0) is 11.3 Å². The van der Waals surface area contributed by atoms with Crippen LogP contribution >= 0.6 is 23.2 Å². The largest absolute Gasteiger partial charge is 0.497 e. The SMILES string of the molecule is COc1ccc(/C=C/C(=O)Nc2cnn(Cc3c(Cl)cccc3Cl)c2)cc1. The lowest BCUT2D eigenvalue weighted by molar-refractivity contribution is -0.111. The maximum absolute atomic E-state index is 12.1. The van der Waals surface area contributed by atoms with Crippen LogP contribution in [0.25, 0.3) is 6.08 Å². The third kappa shape index (κ3) is 5.12. The van der Waals surface area contributed by atoms with Crippen LogP contribution in [0.2, 0.25) is 10.0 Å². The number of rotatable bonds is 6. The first-order valence-electron chi connectivity index (χ1n) is 8.13. The summed E-state index contributed by atoms with van der Waals surface area (Å²) in [4.78, 5) is 12.1. The van der Waals surface area contributed by atoms with Crippen LogP contribution in [0.15, 0.2) is 60.9 Å². The molecular formula is C20H17Cl2N3O2. The topological polar surface area (TPSA) is 56.1 Å². The number of carbonyl (C=O) groups is 1. The third-order valence-corrected chi connectivity index (χ3v) is 4.53. The molecule has 0 aliphatic rings. The highest BCUT2D eigenvalue weighted by Crippen LogP contribution is 2.25. The van der Waals surface area contributed by atoms with Gasteiger partial charge in [-0.25, -0.2) is 0 Å². The summed E-state index contributed by atoms with van der Waals surface area (Å²) >= 11 is 12.4. The number of hydrogen-bond donors (Lipinski definition) is 1. The number of nitrogens with zero attached hydrogens (tertiary/aromatic N) is 2. The molecule has 0 saturated heterocycles. The molecule has 1 N–H and O–H groups in total. The van der Waals surface area contributed by atoms with Crippen molar-refractivity contribution in [1.29, 1.82) is 0 Å². The second-order valence-corrected chi connectivity index (χ2v) is 6.54. The fourth-order valence-corrected chi connectivity index (χ4v) is 2.95. The molecule has 7 heteroatoms. The quantitative estimate of drug-likeness (QED) is 0.597. The van der Waals surface area contributed by atoms with Gasteiger partial charge in [-0.3, -0.25) is 9.48 Å². The molecule has 27 heavy (non-hydrogen) atoms. The van der Waals surface area contributed by atoms with E-state index >= 15 is 0 Å². The molecule has 1 aromatic heterocycles. The monoisotopic (exact) mass is 401 g/mol.